The Balaban J connectivity index is 1.39. The monoisotopic (exact) mass is 634 g/mol. The lowest BCUT2D eigenvalue weighted by Crippen LogP contribution is -2.37. The Morgan fingerprint density at radius 3 is 2.45 bits per heavy atom. The highest BCUT2D eigenvalue weighted by molar-refractivity contribution is 5.95. The Morgan fingerprint density at radius 2 is 1.80 bits per heavy atom. The van der Waals surface area contributed by atoms with Crippen molar-refractivity contribution in [3.8, 4) is 0 Å². The van der Waals surface area contributed by atoms with Crippen molar-refractivity contribution in [3.63, 3.8) is 0 Å². The maximum atomic E-state index is 14.0. The quantitative estimate of drug-likeness (QED) is 0.247. The van der Waals surface area contributed by atoms with Gasteiger partial charge in [-0.05, 0) is 49.1 Å². The fourth-order valence-corrected chi connectivity index (χ4v) is 5.37. The summed E-state index contributed by atoms with van der Waals surface area (Å²) in [6, 6.07) is 0.160. The van der Waals surface area contributed by atoms with Gasteiger partial charge in [0, 0.05) is 19.3 Å². The van der Waals surface area contributed by atoms with E-state index in [-0.39, 0.29) is 35.7 Å². The second kappa shape index (κ2) is 12.7. The molecule has 240 valence electrons. The van der Waals surface area contributed by atoms with Gasteiger partial charge in [0.15, 0.2) is 5.65 Å². The van der Waals surface area contributed by atoms with E-state index in [9.17, 15) is 40.3 Å². The summed E-state index contributed by atoms with van der Waals surface area (Å²) in [4.78, 5) is 30.1. The molecule has 0 unspecified atom stereocenters. The molecule has 2 saturated carbocycles. The minimum absolute atomic E-state index is 0.0197. The summed E-state index contributed by atoms with van der Waals surface area (Å²) in [5, 5.41) is 13.3. The number of ether oxygens (including phenoxy) is 1. The number of nitrogens with one attached hydrogen (secondary N) is 2. The van der Waals surface area contributed by atoms with Crippen LogP contribution in [0.4, 0.5) is 30.7 Å². The van der Waals surface area contributed by atoms with Crippen molar-refractivity contribution in [2.24, 2.45) is 11.8 Å². The van der Waals surface area contributed by atoms with Crippen molar-refractivity contribution in [1.82, 2.24) is 30.4 Å². The van der Waals surface area contributed by atoms with E-state index in [1.165, 1.54) is 16.9 Å². The summed E-state index contributed by atoms with van der Waals surface area (Å²) in [6.45, 7) is -3.81. The van der Waals surface area contributed by atoms with Crippen LogP contribution in [0, 0.1) is 11.8 Å². The number of carbonyl (C=O) groups is 2. The molecule has 3 aromatic heterocycles. The van der Waals surface area contributed by atoms with Gasteiger partial charge in [-0.1, -0.05) is 5.16 Å². The van der Waals surface area contributed by atoms with E-state index in [2.05, 4.69) is 30.6 Å². The van der Waals surface area contributed by atoms with Gasteiger partial charge >= 0.3 is 12.8 Å². The molecule has 2 atom stereocenters. The molecular weight excluding hydrogens is 605 g/mol. The van der Waals surface area contributed by atoms with E-state index in [4.69, 9.17) is 4.52 Å². The van der Waals surface area contributed by atoms with Crippen molar-refractivity contribution in [3.05, 3.63) is 47.2 Å². The molecule has 3 heterocycles. The highest BCUT2D eigenvalue weighted by Gasteiger charge is 2.40. The fraction of sp³-hybridized carbons (Fsp3) is 0.593. The first-order valence-corrected chi connectivity index (χ1v) is 14.0. The first-order valence-electron chi connectivity index (χ1n) is 14.0. The Morgan fingerprint density at radius 1 is 1.09 bits per heavy atom. The largest absolute Gasteiger partial charge is 0.389 e. The highest BCUT2D eigenvalue weighted by atomic mass is 19.4. The zero-order valence-corrected chi connectivity index (χ0v) is 23.1. The van der Waals surface area contributed by atoms with Crippen LogP contribution < -0.4 is 10.6 Å². The Hall–Kier alpha value is -3.76. The number of rotatable bonds is 12. The van der Waals surface area contributed by atoms with Crippen molar-refractivity contribution in [2.45, 2.75) is 88.8 Å². The van der Waals surface area contributed by atoms with Gasteiger partial charge in [0.25, 0.3) is 5.91 Å². The predicted octanol–water partition coefficient (Wildman–Crippen LogP) is 5.66. The van der Waals surface area contributed by atoms with Crippen LogP contribution in [0.5, 0.6) is 0 Å². The lowest BCUT2D eigenvalue weighted by atomic mass is 9.81. The molecule has 2 aliphatic carbocycles. The second-order valence-electron chi connectivity index (χ2n) is 11.1. The Labute approximate surface area is 245 Å². The SMILES string of the molecule is O=C(CCC(F)(F)F)N[C@@H](c1cnn2cc([C@@H](NC(=O)c3conc3COC(F)F)C3CCC(F)(F)CC3)nc2c1)C1CC1. The van der Waals surface area contributed by atoms with Gasteiger partial charge in [0.05, 0.1) is 43.2 Å². The maximum absolute atomic E-state index is 14.0. The van der Waals surface area contributed by atoms with Crippen LogP contribution >= 0.6 is 0 Å². The number of nitrogens with zero attached hydrogens (tertiary/aromatic N) is 4. The molecule has 3 aromatic rings. The van der Waals surface area contributed by atoms with Crippen molar-refractivity contribution in [2.75, 3.05) is 0 Å². The number of alkyl halides is 7. The number of halogens is 7. The van der Waals surface area contributed by atoms with Crippen LogP contribution in [0.15, 0.2) is 29.2 Å². The molecule has 10 nitrogen and oxygen atoms in total. The van der Waals surface area contributed by atoms with Gasteiger partial charge in [0.2, 0.25) is 11.8 Å². The van der Waals surface area contributed by atoms with Gasteiger partial charge in [-0.15, -0.1) is 0 Å². The van der Waals surface area contributed by atoms with Crippen molar-refractivity contribution >= 4 is 17.5 Å². The molecule has 44 heavy (non-hydrogen) atoms. The van der Waals surface area contributed by atoms with Gasteiger partial charge in [-0.3, -0.25) is 9.59 Å². The first kappa shape index (κ1) is 31.7. The molecule has 0 aromatic carbocycles. The summed E-state index contributed by atoms with van der Waals surface area (Å²) < 4.78 is 101. The van der Waals surface area contributed by atoms with E-state index in [0.29, 0.717) is 11.2 Å². The normalized spacial score (nSPS) is 18.8. The molecule has 2 fully saturated rings. The number of carbonyl (C=O) groups excluding carboxylic acids is 2. The molecule has 2 amide bonds. The zero-order valence-electron chi connectivity index (χ0n) is 23.1. The summed E-state index contributed by atoms with van der Waals surface area (Å²) in [5.74, 6) is -4.80. The van der Waals surface area contributed by atoms with E-state index >= 15 is 0 Å². The summed E-state index contributed by atoms with van der Waals surface area (Å²) in [6.07, 6.45) is -1.63. The molecule has 0 radical (unpaired) electrons. The van der Waals surface area contributed by atoms with E-state index in [0.717, 1.165) is 19.1 Å². The molecule has 2 aliphatic rings. The molecule has 2 N–H and O–H groups in total. The third kappa shape index (κ3) is 8.04. The van der Waals surface area contributed by atoms with Crippen LogP contribution in [-0.4, -0.2) is 50.3 Å². The van der Waals surface area contributed by atoms with Gasteiger partial charge in [-0.25, -0.2) is 18.3 Å². The van der Waals surface area contributed by atoms with E-state index in [1.54, 1.807) is 6.07 Å². The first-order chi connectivity index (χ1) is 20.8. The lowest BCUT2D eigenvalue weighted by Gasteiger charge is -2.33. The molecule has 0 saturated heterocycles. The third-order valence-electron chi connectivity index (χ3n) is 7.84. The Kier molecular flexibility index (Phi) is 9.13. The van der Waals surface area contributed by atoms with Gasteiger partial charge in [0.1, 0.15) is 17.5 Å². The minimum atomic E-state index is -4.46. The van der Waals surface area contributed by atoms with Crippen LogP contribution in [0.3, 0.4) is 0 Å². The third-order valence-corrected chi connectivity index (χ3v) is 7.84. The minimum Gasteiger partial charge on any atom is -0.364 e. The Bertz CT molecular complexity index is 1460. The number of imidazole rings is 1. The molecule has 5 rings (SSSR count). The van der Waals surface area contributed by atoms with Crippen LogP contribution in [0.1, 0.15) is 90.8 Å². The van der Waals surface area contributed by atoms with Crippen molar-refractivity contribution in [1.29, 1.82) is 0 Å². The summed E-state index contributed by atoms with van der Waals surface area (Å²) in [5.41, 5.74) is 0.765. The van der Waals surface area contributed by atoms with Gasteiger partial charge < -0.3 is 19.9 Å². The molecular formula is C27H29F7N6O4. The second-order valence-corrected chi connectivity index (χ2v) is 11.1. The maximum Gasteiger partial charge on any atom is 0.389 e. The molecule has 17 heteroatoms. The van der Waals surface area contributed by atoms with Crippen LogP contribution in [-0.2, 0) is 16.1 Å². The summed E-state index contributed by atoms with van der Waals surface area (Å²) >= 11 is 0. The number of amides is 2. The smallest absolute Gasteiger partial charge is 0.364 e. The summed E-state index contributed by atoms with van der Waals surface area (Å²) in [7, 11) is 0. The average Bonchev–Trinajstić information content (AvgIpc) is 3.52. The topological polar surface area (TPSA) is 124 Å². The van der Waals surface area contributed by atoms with E-state index < -0.39 is 80.8 Å². The van der Waals surface area contributed by atoms with Crippen LogP contribution in [0.2, 0.25) is 0 Å². The average molecular weight is 635 g/mol. The number of hydrogen-bond donors (Lipinski definition) is 2. The van der Waals surface area contributed by atoms with E-state index in [1.807, 2.05) is 0 Å². The molecule has 0 spiro atoms. The number of aromatic nitrogens is 4. The highest BCUT2D eigenvalue weighted by Crippen LogP contribution is 2.43. The fourth-order valence-electron chi connectivity index (χ4n) is 5.37. The van der Waals surface area contributed by atoms with Crippen LogP contribution in [0.25, 0.3) is 5.65 Å². The van der Waals surface area contributed by atoms with Gasteiger partial charge in [-0.2, -0.15) is 27.1 Å². The number of fused-ring (bicyclic) bond motifs is 1. The van der Waals surface area contributed by atoms with Crippen molar-refractivity contribution < 1.29 is 49.6 Å². The predicted molar refractivity (Wildman–Crippen MR) is 136 cm³/mol. The molecule has 0 bridgehead atoms. The lowest BCUT2D eigenvalue weighted by molar-refractivity contribution is -0.144. The molecule has 0 aliphatic heterocycles. The zero-order chi connectivity index (χ0) is 31.6. The standard InChI is InChI=1S/C27H29F7N6O4/c28-25(29)43-13-19-17(12-44-39-19)24(42)38-23(15-3-6-26(30,31)7-4-15)18-11-40-20(36-18)9-16(10-35-40)22(14-1-2-14)37-21(41)5-8-27(32,33)34/h9-12,14-15,22-23,25H,1-8,13H2,(H,37,41)(H,38,42)/t22-,23+/m1/s1. The number of hydrogen-bond acceptors (Lipinski definition) is 7.